The molecule has 0 heterocycles. The normalized spacial score (nSPS) is 10.1. The summed E-state index contributed by atoms with van der Waals surface area (Å²) in [5, 5.41) is 7.06. The van der Waals surface area contributed by atoms with E-state index in [-0.39, 0.29) is 0 Å². The summed E-state index contributed by atoms with van der Waals surface area (Å²) >= 11 is 5.19. The molecule has 0 aliphatic heterocycles. The Balaban J connectivity index is 2.48. The second kappa shape index (κ2) is 5.71. The Labute approximate surface area is 97.1 Å². The fourth-order valence-corrected chi connectivity index (χ4v) is 1.37. The average Bonchev–Trinajstić information content (AvgIpc) is 2.18. The molecule has 1 aromatic rings. The highest BCUT2D eigenvalue weighted by atomic mass is 32.1. The summed E-state index contributed by atoms with van der Waals surface area (Å²) in [4.78, 5) is 0. The van der Waals surface area contributed by atoms with E-state index in [1.807, 2.05) is 18.2 Å². The Kier molecular flexibility index (Phi) is 4.56. The third-order valence-corrected chi connectivity index (χ3v) is 2.31. The maximum atomic E-state index is 5.19. The fourth-order valence-electron chi connectivity index (χ4n) is 1.18. The van der Waals surface area contributed by atoms with E-state index in [2.05, 4.69) is 37.5 Å². The summed E-state index contributed by atoms with van der Waals surface area (Å²) in [6.45, 7) is 7.28. The molecule has 0 aliphatic rings. The van der Waals surface area contributed by atoms with E-state index in [1.54, 1.807) is 0 Å². The van der Waals surface area contributed by atoms with Crippen LogP contribution in [-0.2, 0) is 0 Å². The first-order valence-electron chi connectivity index (χ1n) is 5.20. The minimum Gasteiger partial charge on any atom is -0.362 e. The van der Waals surface area contributed by atoms with Crippen LogP contribution in [0.25, 0.3) is 0 Å². The first-order chi connectivity index (χ1) is 7.09. The van der Waals surface area contributed by atoms with Crippen LogP contribution in [0.1, 0.15) is 19.4 Å². The van der Waals surface area contributed by atoms with Crippen LogP contribution in [0.4, 0.5) is 5.69 Å². The topological polar surface area (TPSA) is 24.1 Å². The second-order valence-corrected chi connectivity index (χ2v) is 4.45. The van der Waals surface area contributed by atoms with Crippen molar-refractivity contribution < 1.29 is 0 Å². The van der Waals surface area contributed by atoms with Gasteiger partial charge in [0.2, 0.25) is 0 Å². The molecule has 3 heteroatoms. The lowest BCUT2D eigenvalue weighted by Crippen LogP contribution is -2.31. The van der Waals surface area contributed by atoms with Crippen molar-refractivity contribution in [1.82, 2.24) is 5.32 Å². The third kappa shape index (κ3) is 4.30. The van der Waals surface area contributed by atoms with Crippen LogP contribution >= 0.6 is 12.2 Å². The maximum absolute atomic E-state index is 5.19. The molecule has 15 heavy (non-hydrogen) atoms. The number of hydrogen-bond donors (Lipinski definition) is 2. The van der Waals surface area contributed by atoms with Gasteiger partial charge in [0, 0.05) is 12.2 Å². The van der Waals surface area contributed by atoms with Crippen LogP contribution in [0.3, 0.4) is 0 Å². The molecule has 0 fully saturated rings. The summed E-state index contributed by atoms with van der Waals surface area (Å²) in [6.07, 6.45) is 0. The molecule has 82 valence electrons. The largest absolute Gasteiger partial charge is 0.362 e. The van der Waals surface area contributed by atoms with Crippen LogP contribution < -0.4 is 10.6 Å². The standard InChI is InChI=1S/C12H18N2S/c1-9(2)8-13-12(15)14-11-7-5-4-6-10(11)3/h4-7,9H,8H2,1-3H3,(H2,13,14,15). The lowest BCUT2D eigenvalue weighted by Gasteiger charge is -2.13. The van der Waals surface area contributed by atoms with Gasteiger partial charge in [0.25, 0.3) is 0 Å². The molecule has 0 atom stereocenters. The van der Waals surface area contributed by atoms with Crippen LogP contribution in [0.5, 0.6) is 0 Å². The van der Waals surface area contributed by atoms with Crippen LogP contribution in [0.2, 0.25) is 0 Å². The summed E-state index contributed by atoms with van der Waals surface area (Å²) in [7, 11) is 0. The molecule has 2 nitrogen and oxygen atoms in total. The molecular weight excluding hydrogens is 204 g/mol. The van der Waals surface area contributed by atoms with Crippen LogP contribution in [-0.4, -0.2) is 11.7 Å². The number of para-hydroxylation sites is 1. The number of hydrogen-bond acceptors (Lipinski definition) is 1. The first kappa shape index (κ1) is 12.0. The number of nitrogens with one attached hydrogen (secondary N) is 2. The molecule has 1 aromatic carbocycles. The highest BCUT2D eigenvalue weighted by Gasteiger charge is 2.00. The Morgan fingerprint density at radius 3 is 2.60 bits per heavy atom. The molecule has 0 saturated carbocycles. The molecule has 0 unspecified atom stereocenters. The number of anilines is 1. The summed E-state index contributed by atoms with van der Waals surface area (Å²) in [5.74, 6) is 0.599. The lowest BCUT2D eigenvalue weighted by atomic mass is 10.2. The Morgan fingerprint density at radius 1 is 1.33 bits per heavy atom. The minimum absolute atomic E-state index is 0.599. The molecule has 0 radical (unpaired) electrons. The zero-order valence-electron chi connectivity index (χ0n) is 9.50. The summed E-state index contributed by atoms with van der Waals surface area (Å²) in [5.41, 5.74) is 2.27. The molecule has 0 amide bonds. The number of thiocarbonyl (C=S) groups is 1. The van der Waals surface area contributed by atoms with Gasteiger partial charge in [0.05, 0.1) is 0 Å². The van der Waals surface area contributed by atoms with Gasteiger partial charge in [-0.05, 0) is 36.7 Å². The van der Waals surface area contributed by atoms with Crippen molar-refractivity contribution in [3.63, 3.8) is 0 Å². The fraction of sp³-hybridized carbons (Fsp3) is 0.417. The van der Waals surface area contributed by atoms with Gasteiger partial charge in [-0.25, -0.2) is 0 Å². The van der Waals surface area contributed by atoms with Crippen molar-refractivity contribution in [2.24, 2.45) is 5.92 Å². The van der Waals surface area contributed by atoms with Gasteiger partial charge >= 0.3 is 0 Å². The van der Waals surface area contributed by atoms with Crippen molar-refractivity contribution in [2.45, 2.75) is 20.8 Å². The molecule has 0 aliphatic carbocycles. The summed E-state index contributed by atoms with van der Waals surface area (Å²) < 4.78 is 0. The smallest absolute Gasteiger partial charge is 0.170 e. The predicted octanol–water partition coefficient (Wildman–Crippen LogP) is 2.94. The van der Waals surface area contributed by atoms with E-state index in [0.29, 0.717) is 11.0 Å². The Hall–Kier alpha value is -1.09. The van der Waals surface area contributed by atoms with Gasteiger partial charge in [-0.3, -0.25) is 0 Å². The van der Waals surface area contributed by atoms with E-state index in [4.69, 9.17) is 12.2 Å². The monoisotopic (exact) mass is 222 g/mol. The van der Waals surface area contributed by atoms with Crippen molar-refractivity contribution in [1.29, 1.82) is 0 Å². The van der Waals surface area contributed by atoms with Crippen molar-refractivity contribution in [3.05, 3.63) is 29.8 Å². The third-order valence-electron chi connectivity index (χ3n) is 2.06. The van der Waals surface area contributed by atoms with E-state index >= 15 is 0 Å². The lowest BCUT2D eigenvalue weighted by molar-refractivity contribution is 0.627. The van der Waals surface area contributed by atoms with Gasteiger partial charge < -0.3 is 10.6 Å². The molecule has 0 aromatic heterocycles. The molecule has 1 rings (SSSR count). The number of benzene rings is 1. The maximum Gasteiger partial charge on any atom is 0.170 e. The van der Waals surface area contributed by atoms with Gasteiger partial charge in [-0.15, -0.1) is 0 Å². The SMILES string of the molecule is Cc1ccccc1NC(=S)NCC(C)C. The van der Waals surface area contributed by atoms with E-state index in [0.717, 1.165) is 12.2 Å². The van der Waals surface area contributed by atoms with Crippen LogP contribution in [0.15, 0.2) is 24.3 Å². The van der Waals surface area contributed by atoms with Crippen molar-refractivity contribution in [2.75, 3.05) is 11.9 Å². The Bertz CT molecular complexity index is 334. The number of aryl methyl sites for hydroxylation is 1. The van der Waals surface area contributed by atoms with Gasteiger partial charge in [-0.1, -0.05) is 32.0 Å². The molecular formula is C12H18N2S. The highest BCUT2D eigenvalue weighted by molar-refractivity contribution is 7.80. The molecule has 2 N–H and O–H groups in total. The molecule has 0 bridgehead atoms. The summed E-state index contributed by atoms with van der Waals surface area (Å²) in [6, 6.07) is 8.11. The molecule has 0 saturated heterocycles. The quantitative estimate of drug-likeness (QED) is 0.769. The average molecular weight is 222 g/mol. The zero-order valence-corrected chi connectivity index (χ0v) is 10.3. The van der Waals surface area contributed by atoms with Crippen LogP contribution in [0, 0.1) is 12.8 Å². The Morgan fingerprint density at radius 2 is 2.00 bits per heavy atom. The molecule has 0 spiro atoms. The predicted molar refractivity (Wildman–Crippen MR) is 70.2 cm³/mol. The van der Waals surface area contributed by atoms with Gasteiger partial charge in [0.1, 0.15) is 0 Å². The number of rotatable bonds is 3. The zero-order chi connectivity index (χ0) is 11.3. The van der Waals surface area contributed by atoms with E-state index in [1.165, 1.54) is 5.56 Å². The minimum atomic E-state index is 0.599. The van der Waals surface area contributed by atoms with Gasteiger partial charge in [-0.2, -0.15) is 0 Å². The highest BCUT2D eigenvalue weighted by Crippen LogP contribution is 2.12. The van der Waals surface area contributed by atoms with Crippen molar-refractivity contribution in [3.8, 4) is 0 Å². The van der Waals surface area contributed by atoms with E-state index in [9.17, 15) is 0 Å². The van der Waals surface area contributed by atoms with Crippen molar-refractivity contribution >= 4 is 23.0 Å². The second-order valence-electron chi connectivity index (χ2n) is 4.04. The van der Waals surface area contributed by atoms with Gasteiger partial charge in [0.15, 0.2) is 5.11 Å². The first-order valence-corrected chi connectivity index (χ1v) is 5.61. The van der Waals surface area contributed by atoms with E-state index < -0.39 is 0 Å².